The van der Waals surface area contributed by atoms with Crippen molar-refractivity contribution in [2.24, 2.45) is 5.14 Å². The van der Waals surface area contributed by atoms with E-state index >= 15 is 0 Å². The van der Waals surface area contributed by atoms with Gasteiger partial charge in [0.25, 0.3) is 0 Å². The van der Waals surface area contributed by atoms with Gasteiger partial charge in [-0.2, -0.15) is 0 Å². The molecule has 1 aromatic rings. The Morgan fingerprint density at radius 3 is 2.67 bits per heavy atom. The van der Waals surface area contributed by atoms with E-state index in [1.807, 2.05) is 6.92 Å². The Labute approximate surface area is 91.9 Å². The second kappa shape index (κ2) is 4.73. The topological polar surface area (TPSA) is 86.5 Å². The number of hydrogen-bond acceptors (Lipinski definition) is 5. The molecule has 0 unspecified atom stereocenters. The lowest BCUT2D eigenvalue weighted by atomic mass is 10.5. The lowest BCUT2D eigenvalue weighted by Gasteiger charge is -1.98. The smallest absolute Gasteiger partial charge is 0.348 e. The largest absolute Gasteiger partial charge is 0.462 e. The third kappa shape index (κ3) is 3.29. The van der Waals surface area contributed by atoms with Crippen LogP contribution in [0.15, 0.2) is 16.3 Å². The van der Waals surface area contributed by atoms with E-state index in [9.17, 15) is 13.2 Å². The van der Waals surface area contributed by atoms with Crippen molar-refractivity contribution in [3.8, 4) is 0 Å². The van der Waals surface area contributed by atoms with E-state index in [4.69, 9.17) is 9.88 Å². The number of hydrogen-bond donors (Lipinski definition) is 1. The zero-order valence-electron chi connectivity index (χ0n) is 8.10. The van der Waals surface area contributed by atoms with Gasteiger partial charge in [-0.15, -0.1) is 11.3 Å². The summed E-state index contributed by atoms with van der Waals surface area (Å²) in [5.74, 6) is -0.517. The Morgan fingerprint density at radius 1 is 1.53 bits per heavy atom. The van der Waals surface area contributed by atoms with Gasteiger partial charge < -0.3 is 4.74 Å². The van der Waals surface area contributed by atoms with E-state index in [1.54, 1.807) is 0 Å². The SMILES string of the molecule is CCCOC(=O)c1ccc(S(N)(=O)=O)s1. The highest BCUT2D eigenvalue weighted by Crippen LogP contribution is 2.20. The van der Waals surface area contributed by atoms with Crippen LogP contribution in [-0.2, 0) is 14.8 Å². The molecule has 1 aromatic heterocycles. The highest BCUT2D eigenvalue weighted by Gasteiger charge is 2.15. The van der Waals surface area contributed by atoms with Crippen molar-refractivity contribution in [3.63, 3.8) is 0 Å². The number of carbonyl (C=O) groups is 1. The van der Waals surface area contributed by atoms with Gasteiger partial charge in [-0.1, -0.05) is 6.92 Å². The third-order valence-electron chi connectivity index (χ3n) is 1.50. The highest BCUT2D eigenvalue weighted by molar-refractivity contribution is 7.91. The Hall–Kier alpha value is -0.920. The molecular weight excluding hydrogens is 238 g/mol. The van der Waals surface area contributed by atoms with Crippen molar-refractivity contribution in [3.05, 3.63) is 17.0 Å². The summed E-state index contributed by atoms with van der Waals surface area (Å²) in [6.45, 7) is 2.19. The van der Waals surface area contributed by atoms with Crippen LogP contribution < -0.4 is 5.14 Å². The van der Waals surface area contributed by atoms with Crippen molar-refractivity contribution in [1.29, 1.82) is 0 Å². The van der Waals surface area contributed by atoms with Crippen molar-refractivity contribution in [1.82, 2.24) is 0 Å². The second-order valence-electron chi connectivity index (χ2n) is 2.80. The molecule has 0 bridgehead atoms. The van der Waals surface area contributed by atoms with Crippen LogP contribution in [-0.4, -0.2) is 21.0 Å². The molecular formula is C8H11NO4S2. The van der Waals surface area contributed by atoms with Gasteiger partial charge in [0, 0.05) is 0 Å². The van der Waals surface area contributed by atoms with Crippen molar-refractivity contribution < 1.29 is 17.9 Å². The molecule has 0 radical (unpaired) electrons. The molecule has 84 valence electrons. The number of rotatable bonds is 4. The van der Waals surface area contributed by atoms with Crippen LogP contribution in [0.4, 0.5) is 0 Å². The molecule has 5 nitrogen and oxygen atoms in total. The average molecular weight is 249 g/mol. The number of ether oxygens (including phenoxy) is 1. The standard InChI is InChI=1S/C8H11NO4S2/c1-2-5-13-8(10)6-3-4-7(14-6)15(9,11)12/h3-4H,2,5H2,1H3,(H2,9,11,12). The molecule has 0 aromatic carbocycles. The van der Waals surface area contributed by atoms with Gasteiger partial charge in [0.05, 0.1) is 6.61 Å². The van der Waals surface area contributed by atoms with Gasteiger partial charge >= 0.3 is 5.97 Å². The highest BCUT2D eigenvalue weighted by atomic mass is 32.2. The molecule has 0 aliphatic heterocycles. The predicted molar refractivity (Wildman–Crippen MR) is 56.3 cm³/mol. The first-order chi connectivity index (χ1) is 6.95. The van der Waals surface area contributed by atoms with Crippen molar-refractivity contribution in [2.45, 2.75) is 17.6 Å². The van der Waals surface area contributed by atoms with Gasteiger partial charge in [-0.05, 0) is 18.6 Å². The Balaban J connectivity index is 2.81. The quantitative estimate of drug-likeness (QED) is 0.805. The van der Waals surface area contributed by atoms with Crippen LogP contribution in [0.3, 0.4) is 0 Å². The van der Waals surface area contributed by atoms with Crippen LogP contribution in [0.5, 0.6) is 0 Å². The number of sulfonamides is 1. The molecule has 2 N–H and O–H groups in total. The van der Waals surface area contributed by atoms with E-state index in [2.05, 4.69) is 0 Å². The van der Waals surface area contributed by atoms with Crippen molar-refractivity contribution >= 4 is 27.3 Å². The third-order valence-corrected chi connectivity index (χ3v) is 4.00. The molecule has 0 aliphatic rings. The summed E-state index contributed by atoms with van der Waals surface area (Å²) in [5, 5.41) is 4.90. The van der Waals surface area contributed by atoms with E-state index in [-0.39, 0.29) is 9.09 Å². The molecule has 15 heavy (non-hydrogen) atoms. The van der Waals surface area contributed by atoms with Gasteiger partial charge in [0.1, 0.15) is 9.09 Å². The molecule has 7 heteroatoms. The average Bonchev–Trinajstić information content (AvgIpc) is 2.62. The first-order valence-electron chi connectivity index (χ1n) is 4.25. The molecule has 0 aliphatic carbocycles. The minimum atomic E-state index is -3.73. The lowest BCUT2D eigenvalue weighted by molar-refractivity contribution is 0.0511. The molecule has 0 spiro atoms. The molecule has 0 amide bonds. The molecule has 0 saturated heterocycles. The van der Waals surface area contributed by atoms with Crippen molar-refractivity contribution in [2.75, 3.05) is 6.61 Å². The molecule has 1 rings (SSSR count). The first-order valence-corrected chi connectivity index (χ1v) is 6.61. The molecule has 0 atom stereocenters. The zero-order chi connectivity index (χ0) is 11.5. The van der Waals surface area contributed by atoms with Crippen LogP contribution in [0.25, 0.3) is 0 Å². The summed E-state index contributed by atoms with van der Waals surface area (Å²) in [6.07, 6.45) is 0.721. The fraction of sp³-hybridized carbons (Fsp3) is 0.375. The van der Waals surface area contributed by atoms with Crippen LogP contribution >= 0.6 is 11.3 Å². The number of carbonyl (C=O) groups excluding carboxylic acids is 1. The minimum Gasteiger partial charge on any atom is -0.462 e. The summed E-state index contributed by atoms with van der Waals surface area (Å²) in [5.41, 5.74) is 0. The van der Waals surface area contributed by atoms with Gasteiger partial charge in [0.15, 0.2) is 0 Å². The minimum absolute atomic E-state index is 0.0362. The number of thiophene rings is 1. The fourth-order valence-electron chi connectivity index (χ4n) is 0.849. The van der Waals surface area contributed by atoms with Gasteiger partial charge in [-0.3, -0.25) is 0 Å². The summed E-state index contributed by atoms with van der Waals surface area (Å²) in [4.78, 5) is 11.5. The molecule has 0 fully saturated rings. The molecule has 1 heterocycles. The fourth-order valence-corrected chi connectivity index (χ4v) is 2.47. The van der Waals surface area contributed by atoms with E-state index < -0.39 is 16.0 Å². The molecule has 0 saturated carbocycles. The van der Waals surface area contributed by atoms with Crippen LogP contribution in [0.2, 0.25) is 0 Å². The van der Waals surface area contributed by atoms with Crippen LogP contribution in [0.1, 0.15) is 23.0 Å². The lowest BCUT2D eigenvalue weighted by Crippen LogP contribution is -2.10. The van der Waals surface area contributed by atoms with E-state index in [1.165, 1.54) is 12.1 Å². The van der Waals surface area contributed by atoms with Gasteiger partial charge in [0.2, 0.25) is 10.0 Å². The van der Waals surface area contributed by atoms with Gasteiger partial charge in [-0.25, -0.2) is 18.4 Å². The van der Waals surface area contributed by atoms with Crippen LogP contribution in [0, 0.1) is 0 Å². The first kappa shape index (κ1) is 12.2. The summed E-state index contributed by atoms with van der Waals surface area (Å²) in [7, 11) is -3.73. The van der Waals surface area contributed by atoms with E-state index in [0.717, 1.165) is 17.8 Å². The monoisotopic (exact) mass is 249 g/mol. The number of esters is 1. The Kier molecular flexibility index (Phi) is 3.83. The number of primary sulfonamides is 1. The maximum Gasteiger partial charge on any atom is 0.348 e. The Morgan fingerprint density at radius 2 is 2.20 bits per heavy atom. The Bertz CT molecular complexity index is 449. The maximum atomic E-state index is 11.3. The summed E-state index contributed by atoms with van der Waals surface area (Å²) < 4.78 is 26.6. The maximum absolute atomic E-state index is 11.3. The van der Waals surface area contributed by atoms with E-state index in [0.29, 0.717) is 6.61 Å². The second-order valence-corrected chi connectivity index (χ2v) is 5.67. The predicted octanol–water partition coefficient (Wildman–Crippen LogP) is 0.962. The number of nitrogens with two attached hydrogens (primary N) is 1. The zero-order valence-corrected chi connectivity index (χ0v) is 9.73. The summed E-state index contributed by atoms with van der Waals surface area (Å²) >= 11 is 0.811. The summed E-state index contributed by atoms with van der Waals surface area (Å²) in [6, 6.07) is 2.69. The normalized spacial score (nSPS) is 11.3.